The van der Waals surface area contributed by atoms with Crippen LogP contribution in [0.1, 0.15) is 102 Å². The third-order valence-electron chi connectivity index (χ3n) is 11.0. The van der Waals surface area contributed by atoms with Gasteiger partial charge in [-0.05, 0) is 68.8 Å². The van der Waals surface area contributed by atoms with Crippen LogP contribution in [-0.2, 0) is 9.59 Å². The lowest BCUT2D eigenvalue weighted by atomic mass is 9.76. The Hall–Kier alpha value is -1.92. The topological polar surface area (TPSA) is 69.9 Å². The van der Waals surface area contributed by atoms with Crippen LogP contribution in [0.15, 0.2) is 30.3 Å². The van der Waals surface area contributed by atoms with Gasteiger partial charge in [-0.1, -0.05) is 75.3 Å². The number of hydrogen-bond acceptors (Lipinski definition) is 4. The van der Waals surface area contributed by atoms with Crippen LogP contribution < -0.4 is 5.73 Å². The fraction of sp³-hybridized carbons (Fsp3) is 0.750. The first-order valence-electron chi connectivity index (χ1n) is 15.7. The van der Waals surface area contributed by atoms with Gasteiger partial charge in [-0.3, -0.25) is 20.2 Å². The third-order valence-corrected chi connectivity index (χ3v) is 11.0. The monoisotopic (exact) mass is 520 g/mol. The van der Waals surface area contributed by atoms with Crippen molar-refractivity contribution in [2.45, 2.75) is 114 Å². The molecule has 2 aliphatic carbocycles. The van der Waals surface area contributed by atoms with Crippen molar-refractivity contribution in [2.75, 3.05) is 19.6 Å². The molecule has 5 fully saturated rings. The Morgan fingerprint density at radius 2 is 1.63 bits per heavy atom. The highest BCUT2D eigenvalue weighted by atomic mass is 16.2. The van der Waals surface area contributed by atoms with Gasteiger partial charge in [-0.2, -0.15) is 0 Å². The number of likely N-dealkylation sites (tertiary alicyclic amines) is 1. The smallest absolute Gasteiger partial charge is 0.245 e. The van der Waals surface area contributed by atoms with Crippen LogP contribution in [0.5, 0.6) is 0 Å². The Kier molecular flexibility index (Phi) is 7.56. The SMILES string of the molecule is CC(C(=O)N1CCC(CN2C(=O)C3(CC4CCCCC4)CC4CCCCC4N3C2N)CC1)c1ccccc1. The Morgan fingerprint density at radius 3 is 2.37 bits per heavy atom. The number of nitrogens with zero attached hydrogens (tertiary/aromatic N) is 3. The highest BCUT2D eigenvalue weighted by molar-refractivity contribution is 5.89. The summed E-state index contributed by atoms with van der Waals surface area (Å²) in [5, 5.41) is 0. The van der Waals surface area contributed by atoms with E-state index in [1.165, 1.54) is 57.8 Å². The number of rotatable bonds is 6. The minimum absolute atomic E-state index is 0.114. The molecule has 3 saturated heterocycles. The molecule has 38 heavy (non-hydrogen) atoms. The van der Waals surface area contributed by atoms with Crippen molar-refractivity contribution >= 4 is 11.8 Å². The maximum absolute atomic E-state index is 14.4. The molecule has 6 nitrogen and oxygen atoms in total. The van der Waals surface area contributed by atoms with Gasteiger partial charge in [0.15, 0.2) is 0 Å². The number of piperidine rings is 1. The number of fused-ring (bicyclic) bond motifs is 3. The number of amides is 2. The molecule has 2 N–H and O–H groups in total. The van der Waals surface area contributed by atoms with Gasteiger partial charge in [-0.25, -0.2) is 0 Å². The molecule has 3 aliphatic heterocycles. The average molecular weight is 521 g/mol. The maximum Gasteiger partial charge on any atom is 0.245 e. The molecule has 1 aromatic rings. The lowest BCUT2D eigenvalue weighted by Gasteiger charge is -2.39. The largest absolute Gasteiger partial charge is 0.342 e. The van der Waals surface area contributed by atoms with Crippen LogP contribution in [0, 0.1) is 17.8 Å². The molecule has 3 heterocycles. The molecule has 6 heteroatoms. The third kappa shape index (κ3) is 4.70. The normalized spacial score (nSPS) is 33.8. The predicted molar refractivity (Wildman–Crippen MR) is 150 cm³/mol. The lowest BCUT2D eigenvalue weighted by molar-refractivity contribution is -0.137. The summed E-state index contributed by atoms with van der Waals surface area (Å²) in [6.07, 6.45) is 15.3. The zero-order valence-corrected chi connectivity index (χ0v) is 23.4. The number of nitrogens with two attached hydrogens (primary N) is 1. The zero-order chi connectivity index (χ0) is 26.3. The summed E-state index contributed by atoms with van der Waals surface area (Å²) in [6.45, 7) is 4.32. The molecule has 0 aromatic heterocycles. The summed E-state index contributed by atoms with van der Waals surface area (Å²) in [6, 6.07) is 10.6. The summed E-state index contributed by atoms with van der Waals surface area (Å²) < 4.78 is 0. The van der Waals surface area contributed by atoms with Crippen molar-refractivity contribution in [3.8, 4) is 0 Å². The van der Waals surface area contributed by atoms with Crippen molar-refractivity contribution < 1.29 is 9.59 Å². The molecule has 1 aromatic carbocycles. The van der Waals surface area contributed by atoms with E-state index in [4.69, 9.17) is 5.73 Å². The van der Waals surface area contributed by atoms with E-state index in [0.717, 1.165) is 50.9 Å². The van der Waals surface area contributed by atoms with Gasteiger partial charge in [-0.15, -0.1) is 0 Å². The number of hydrogen-bond donors (Lipinski definition) is 1. The first kappa shape index (κ1) is 26.3. The molecule has 208 valence electrons. The van der Waals surface area contributed by atoms with Gasteiger partial charge >= 0.3 is 0 Å². The fourth-order valence-corrected chi connectivity index (χ4v) is 8.94. The van der Waals surface area contributed by atoms with Gasteiger partial charge in [0.2, 0.25) is 11.8 Å². The van der Waals surface area contributed by atoms with Crippen LogP contribution in [0.2, 0.25) is 0 Å². The Balaban J connectivity index is 1.12. The average Bonchev–Trinajstić information content (AvgIpc) is 3.39. The first-order chi connectivity index (χ1) is 18.5. The molecular weight excluding hydrogens is 472 g/mol. The van der Waals surface area contributed by atoms with E-state index in [-0.39, 0.29) is 23.7 Å². The van der Waals surface area contributed by atoms with Crippen LogP contribution in [0.4, 0.5) is 0 Å². The molecular formula is C32H48N4O2. The van der Waals surface area contributed by atoms with E-state index >= 15 is 0 Å². The molecule has 0 bridgehead atoms. The van der Waals surface area contributed by atoms with E-state index in [9.17, 15) is 9.59 Å². The number of benzene rings is 1. The second-order valence-electron chi connectivity index (χ2n) is 13.2. The quantitative estimate of drug-likeness (QED) is 0.568. The minimum Gasteiger partial charge on any atom is -0.342 e. The summed E-state index contributed by atoms with van der Waals surface area (Å²) >= 11 is 0. The van der Waals surface area contributed by atoms with Gasteiger partial charge in [0.1, 0.15) is 11.8 Å². The van der Waals surface area contributed by atoms with Crippen molar-refractivity contribution in [1.29, 1.82) is 0 Å². The van der Waals surface area contributed by atoms with Crippen LogP contribution in [0.25, 0.3) is 0 Å². The highest BCUT2D eigenvalue weighted by Gasteiger charge is 2.65. The molecule has 5 aliphatic rings. The standard InChI is InChI=1S/C32H48N4O2/c1-23(26-12-6-3-7-13-26)29(37)34-18-16-25(17-19-34)22-35-30(38)32(20-24-10-4-2-5-11-24)21-27-14-8-9-15-28(27)36(32)31(35)33/h3,6-7,12-13,23-25,27-28,31H,2,4-5,8-11,14-22,33H2,1H3. The van der Waals surface area contributed by atoms with Crippen molar-refractivity contribution in [2.24, 2.45) is 23.5 Å². The van der Waals surface area contributed by atoms with Gasteiger partial charge in [0.05, 0.1) is 5.92 Å². The molecule has 5 unspecified atom stereocenters. The number of carbonyl (C=O) groups is 2. The molecule has 0 spiro atoms. The van der Waals surface area contributed by atoms with Crippen LogP contribution in [0.3, 0.4) is 0 Å². The highest BCUT2D eigenvalue weighted by Crippen LogP contribution is 2.53. The summed E-state index contributed by atoms with van der Waals surface area (Å²) in [5.41, 5.74) is 7.74. The summed E-state index contributed by atoms with van der Waals surface area (Å²) in [4.78, 5) is 34.2. The first-order valence-corrected chi connectivity index (χ1v) is 15.7. The van der Waals surface area contributed by atoms with E-state index in [1.54, 1.807) is 0 Å². The Labute approximate surface area is 229 Å². The van der Waals surface area contributed by atoms with E-state index in [1.807, 2.05) is 42.2 Å². The fourth-order valence-electron chi connectivity index (χ4n) is 8.94. The molecule has 2 saturated carbocycles. The maximum atomic E-state index is 14.4. The van der Waals surface area contributed by atoms with E-state index < -0.39 is 0 Å². The van der Waals surface area contributed by atoms with E-state index in [0.29, 0.717) is 29.7 Å². The number of carbonyl (C=O) groups excluding carboxylic acids is 2. The predicted octanol–water partition coefficient (Wildman–Crippen LogP) is 5.09. The Morgan fingerprint density at radius 1 is 0.947 bits per heavy atom. The van der Waals surface area contributed by atoms with Crippen molar-refractivity contribution in [1.82, 2.24) is 14.7 Å². The molecule has 2 amide bonds. The van der Waals surface area contributed by atoms with E-state index in [2.05, 4.69) is 9.80 Å². The van der Waals surface area contributed by atoms with Crippen LogP contribution >= 0.6 is 0 Å². The lowest BCUT2D eigenvalue weighted by Crippen LogP contribution is -2.54. The summed E-state index contributed by atoms with van der Waals surface area (Å²) in [5.74, 6) is 2.17. The van der Waals surface area contributed by atoms with Gasteiger partial charge in [0.25, 0.3) is 0 Å². The Bertz CT molecular complexity index is 986. The summed E-state index contributed by atoms with van der Waals surface area (Å²) in [7, 11) is 0. The minimum atomic E-state index is -0.358. The van der Waals surface area contributed by atoms with Gasteiger partial charge in [0, 0.05) is 25.7 Å². The van der Waals surface area contributed by atoms with Crippen LogP contribution in [-0.4, -0.2) is 64.0 Å². The molecule has 0 radical (unpaired) electrons. The van der Waals surface area contributed by atoms with Gasteiger partial charge < -0.3 is 9.80 Å². The van der Waals surface area contributed by atoms with Crippen molar-refractivity contribution in [3.63, 3.8) is 0 Å². The molecule has 6 rings (SSSR count). The zero-order valence-electron chi connectivity index (χ0n) is 23.4. The van der Waals surface area contributed by atoms with Crippen molar-refractivity contribution in [3.05, 3.63) is 35.9 Å². The second-order valence-corrected chi connectivity index (χ2v) is 13.2. The molecule has 5 atom stereocenters. The second kappa shape index (κ2) is 10.9.